The summed E-state index contributed by atoms with van der Waals surface area (Å²) < 4.78 is 10.7. The fourth-order valence-corrected chi connectivity index (χ4v) is 2.57. The van der Waals surface area contributed by atoms with Crippen molar-refractivity contribution in [3.05, 3.63) is 29.3 Å². The van der Waals surface area contributed by atoms with Gasteiger partial charge in [-0.1, -0.05) is 6.07 Å². The van der Waals surface area contributed by atoms with Gasteiger partial charge in [0.2, 0.25) is 0 Å². The summed E-state index contributed by atoms with van der Waals surface area (Å²) in [5, 5.41) is 0. The van der Waals surface area contributed by atoms with Crippen molar-refractivity contribution in [3.63, 3.8) is 0 Å². The summed E-state index contributed by atoms with van der Waals surface area (Å²) >= 11 is 0. The SMILES string of the molecule is CC(C)OC(=O)CCN1CC(=O)c2c(OC(C)C)cccc2C1=O. The molecular formula is C18H23NO5. The first-order valence-electron chi connectivity index (χ1n) is 8.11. The Morgan fingerprint density at radius 2 is 1.88 bits per heavy atom. The summed E-state index contributed by atoms with van der Waals surface area (Å²) in [6.07, 6.45) is -0.231. The molecule has 24 heavy (non-hydrogen) atoms. The summed E-state index contributed by atoms with van der Waals surface area (Å²) in [5.74, 6) is -0.401. The molecule has 130 valence electrons. The average molecular weight is 333 g/mol. The second-order valence-corrected chi connectivity index (χ2v) is 6.28. The molecule has 1 aromatic carbocycles. The van der Waals surface area contributed by atoms with Gasteiger partial charge in [0.15, 0.2) is 5.78 Å². The van der Waals surface area contributed by atoms with Crippen LogP contribution in [0.4, 0.5) is 0 Å². The molecule has 0 saturated carbocycles. The second kappa shape index (κ2) is 7.47. The molecule has 2 rings (SSSR count). The molecule has 6 nitrogen and oxygen atoms in total. The number of carbonyl (C=O) groups is 3. The number of ether oxygens (including phenoxy) is 2. The molecule has 0 unspecified atom stereocenters. The van der Waals surface area contributed by atoms with Gasteiger partial charge >= 0.3 is 5.97 Å². The van der Waals surface area contributed by atoms with Crippen molar-refractivity contribution in [1.29, 1.82) is 0 Å². The number of hydrogen-bond acceptors (Lipinski definition) is 5. The lowest BCUT2D eigenvalue weighted by molar-refractivity contribution is -0.147. The summed E-state index contributed by atoms with van der Waals surface area (Å²) in [7, 11) is 0. The molecule has 1 aliphatic rings. The minimum absolute atomic E-state index is 0.0563. The fraction of sp³-hybridized carbons (Fsp3) is 0.500. The van der Waals surface area contributed by atoms with Crippen molar-refractivity contribution in [2.24, 2.45) is 0 Å². The van der Waals surface area contributed by atoms with Crippen LogP contribution in [-0.2, 0) is 9.53 Å². The number of Topliss-reactive ketones (excluding diaryl/α,β-unsaturated/α-hetero) is 1. The standard InChI is InChI=1S/C18H23NO5/c1-11(2)23-15-7-5-6-13-17(15)14(20)10-19(18(13)22)9-8-16(21)24-12(3)4/h5-7,11-12H,8-10H2,1-4H3. The minimum Gasteiger partial charge on any atom is -0.490 e. The summed E-state index contributed by atoms with van der Waals surface area (Å²) in [6.45, 7) is 7.35. The molecule has 0 aromatic heterocycles. The largest absolute Gasteiger partial charge is 0.490 e. The maximum atomic E-state index is 12.6. The smallest absolute Gasteiger partial charge is 0.307 e. The Hall–Kier alpha value is -2.37. The lowest BCUT2D eigenvalue weighted by atomic mass is 9.96. The second-order valence-electron chi connectivity index (χ2n) is 6.28. The molecule has 0 saturated heterocycles. The third-order valence-corrected chi connectivity index (χ3v) is 3.47. The topological polar surface area (TPSA) is 72.9 Å². The van der Waals surface area contributed by atoms with Crippen molar-refractivity contribution in [1.82, 2.24) is 4.90 Å². The van der Waals surface area contributed by atoms with Crippen LogP contribution in [0.25, 0.3) is 0 Å². The highest BCUT2D eigenvalue weighted by atomic mass is 16.5. The molecule has 0 aliphatic carbocycles. The number of nitrogens with zero attached hydrogens (tertiary/aromatic N) is 1. The zero-order chi connectivity index (χ0) is 17.9. The molecule has 0 radical (unpaired) electrons. The Balaban J connectivity index is 2.16. The van der Waals surface area contributed by atoms with Gasteiger partial charge < -0.3 is 14.4 Å². The van der Waals surface area contributed by atoms with Crippen molar-refractivity contribution >= 4 is 17.7 Å². The van der Waals surface area contributed by atoms with Gasteiger partial charge in [0.25, 0.3) is 5.91 Å². The number of hydrogen-bond donors (Lipinski definition) is 0. The molecule has 1 aliphatic heterocycles. The highest BCUT2D eigenvalue weighted by molar-refractivity contribution is 6.15. The molecule has 0 bridgehead atoms. The Kier molecular flexibility index (Phi) is 5.59. The Bertz CT molecular complexity index is 651. The van der Waals surface area contributed by atoms with Crippen LogP contribution in [0.3, 0.4) is 0 Å². The van der Waals surface area contributed by atoms with E-state index in [0.29, 0.717) is 16.9 Å². The third kappa shape index (κ3) is 4.13. The van der Waals surface area contributed by atoms with E-state index in [1.165, 1.54) is 4.90 Å². The van der Waals surface area contributed by atoms with Gasteiger partial charge in [0.05, 0.1) is 36.3 Å². The van der Waals surface area contributed by atoms with Crippen LogP contribution in [0.5, 0.6) is 5.75 Å². The predicted molar refractivity (Wildman–Crippen MR) is 88.3 cm³/mol. The van der Waals surface area contributed by atoms with Crippen LogP contribution in [0.15, 0.2) is 18.2 Å². The van der Waals surface area contributed by atoms with Crippen molar-refractivity contribution in [2.75, 3.05) is 13.1 Å². The van der Waals surface area contributed by atoms with Crippen LogP contribution >= 0.6 is 0 Å². The van der Waals surface area contributed by atoms with Crippen LogP contribution in [0.1, 0.15) is 54.8 Å². The molecule has 0 N–H and O–H groups in total. The zero-order valence-electron chi connectivity index (χ0n) is 14.5. The van der Waals surface area contributed by atoms with Gasteiger partial charge in [-0.15, -0.1) is 0 Å². The number of amides is 1. The van der Waals surface area contributed by atoms with E-state index >= 15 is 0 Å². The number of ketones is 1. The van der Waals surface area contributed by atoms with E-state index in [1.54, 1.807) is 32.0 Å². The Morgan fingerprint density at radius 3 is 2.50 bits per heavy atom. The average Bonchev–Trinajstić information content (AvgIpc) is 2.48. The first-order chi connectivity index (χ1) is 11.3. The van der Waals surface area contributed by atoms with E-state index in [0.717, 1.165) is 0 Å². The number of fused-ring (bicyclic) bond motifs is 1. The lowest BCUT2D eigenvalue weighted by Crippen LogP contribution is -2.42. The van der Waals surface area contributed by atoms with Gasteiger partial charge in [-0.3, -0.25) is 14.4 Å². The predicted octanol–water partition coefficient (Wildman–Crippen LogP) is 2.45. The molecule has 1 amide bonds. The number of carbonyl (C=O) groups excluding carboxylic acids is 3. The fourth-order valence-electron chi connectivity index (χ4n) is 2.57. The van der Waals surface area contributed by atoms with Gasteiger partial charge in [-0.25, -0.2) is 0 Å². The number of benzene rings is 1. The maximum absolute atomic E-state index is 12.6. The summed E-state index contributed by atoms with van der Waals surface area (Å²) in [6, 6.07) is 5.00. The van der Waals surface area contributed by atoms with Crippen molar-refractivity contribution in [3.8, 4) is 5.75 Å². The van der Waals surface area contributed by atoms with E-state index < -0.39 is 0 Å². The highest BCUT2D eigenvalue weighted by Crippen LogP contribution is 2.28. The Morgan fingerprint density at radius 1 is 1.17 bits per heavy atom. The summed E-state index contributed by atoms with van der Waals surface area (Å²) in [4.78, 5) is 38.1. The van der Waals surface area contributed by atoms with E-state index in [1.807, 2.05) is 13.8 Å². The van der Waals surface area contributed by atoms with Crippen molar-refractivity contribution in [2.45, 2.75) is 46.3 Å². The first kappa shape index (κ1) is 18.0. The quantitative estimate of drug-likeness (QED) is 0.748. The van der Waals surface area contributed by atoms with Crippen LogP contribution in [-0.4, -0.2) is 47.9 Å². The first-order valence-corrected chi connectivity index (χ1v) is 8.11. The summed E-state index contributed by atoms with van der Waals surface area (Å²) in [5.41, 5.74) is 0.652. The van der Waals surface area contributed by atoms with E-state index in [2.05, 4.69) is 0 Å². The molecule has 1 aromatic rings. The molecular weight excluding hydrogens is 310 g/mol. The van der Waals surface area contributed by atoms with E-state index in [4.69, 9.17) is 9.47 Å². The van der Waals surface area contributed by atoms with Gasteiger partial charge in [-0.2, -0.15) is 0 Å². The van der Waals surface area contributed by atoms with Crippen LogP contribution in [0.2, 0.25) is 0 Å². The van der Waals surface area contributed by atoms with Gasteiger partial charge in [-0.05, 0) is 39.8 Å². The maximum Gasteiger partial charge on any atom is 0.307 e. The number of esters is 1. The van der Waals surface area contributed by atoms with Gasteiger partial charge in [0.1, 0.15) is 5.75 Å². The number of rotatable bonds is 6. The van der Waals surface area contributed by atoms with E-state index in [9.17, 15) is 14.4 Å². The highest BCUT2D eigenvalue weighted by Gasteiger charge is 2.32. The molecule has 6 heteroatoms. The van der Waals surface area contributed by atoms with Crippen LogP contribution in [0, 0.1) is 0 Å². The van der Waals surface area contributed by atoms with Crippen molar-refractivity contribution < 1.29 is 23.9 Å². The minimum atomic E-state index is -0.382. The molecule has 1 heterocycles. The normalized spacial score (nSPS) is 14.2. The molecule has 0 fully saturated rings. The zero-order valence-corrected chi connectivity index (χ0v) is 14.5. The Labute approximate surface area is 141 Å². The van der Waals surface area contributed by atoms with E-state index in [-0.39, 0.29) is 49.4 Å². The molecule has 0 atom stereocenters. The monoisotopic (exact) mass is 333 g/mol. The molecule has 0 spiro atoms. The third-order valence-electron chi connectivity index (χ3n) is 3.47. The van der Waals surface area contributed by atoms with Crippen LogP contribution < -0.4 is 4.74 Å². The lowest BCUT2D eigenvalue weighted by Gasteiger charge is -2.28. The van der Waals surface area contributed by atoms with Gasteiger partial charge in [0, 0.05) is 6.54 Å².